The van der Waals surface area contributed by atoms with Crippen molar-refractivity contribution in [2.75, 3.05) is 32.7 Å². The SMILES string of the molecule is CCCN1CCN(C(=O)C2CCC(=O)N2Cc2c[nH]c3ccccc23)CC1. The maximum Gasteiger partial charge on any atom is 0.245 e. The molecule has 0 saturated carbocycles. The summed E-state index contributed by atoms with van der Waals surface area (Å²) in [7, 11) is 0. The molecule has 2 fully saturated rings. The van der Waals surface area contributed by atoms with Crippen LogP contribution < -0.4 is 0 Å². The summed E-state index contributed by atoms with van der Waals surface area (Å²) in [4.78, 5) is 35.0. The normalized spacial score (nSPS) is 21.4. The molecule has 144 valence electrons. The van der Waals surface area contributed by atoms with Gasteiger partial charge in [0.1, 0.15) is 6.04 Å². The summed E-state index contributed by atoms with van der Waals surface area (Å²) >= 11 is 0. The number of carbonyl (C=O) groups is 2. The van der Waals surface area contributed by atoms with Crippen LogP contribution in [-0.2, 0) is 16.1 Å². The van der Waals surface area contributed by atoms with Crippen molar-refractivity contribution in [3.05, 3.63) is 36.0 Å². The van der Waals surface area contributed by atoms with E-state index in [0.29, 0.717) is 19.4 Å². The summed E-state index contributed by atoms with van der Waals surface area (Å²) in [5.41, 5.74) is 2.14. The molecular weight excluding hydrogens is 340 g/mol. The van der Waals surface area contributed by atoms with E-state index >= 15 is 0 Å². The smallest absolute Gasteiger partial charge is 0.245 e. The fourth-order valence-corrected chi connectivity index (χ4v) is 4.35. The zero-order valence-corrected chi connectivity index (χ0v) is 16.0. The molecule has 3 heterocycles. The number of H-pyrrole nitrogens is 1. The molecule has 4 rings (SSSR count). The molecule has 0 bridgehead atoms. The van der Waals surface area contributed by atoms with Crippen LogP contribution in [-0.4, -0.2) is 70.3 Å². The second kappa shape index (κ2) is 7.72. The van der Waals surface area contributed by atoms with Crippen molar-refractivity contribution in [2.45, 2.75) is 38.8 Å². The molecule has 2 saturated heterocycles. The number of rotatable bonds is 5. The fraction of sp³-hybridized carbons (Fsp3) is 0.524. The van der Waals surface area contributed by atoms with E-state index < -0.39 is 0 Å². The van der Waals surface area contributed by atoms with Gasteiger partial charge in [-0.05, 0) is 31.0 Å². The molecule has 27 heavy (non-hydrogen) atoms. The number of fused-ring (bicyclic) bond motifs is 1. The number of aromatic amines is 1. The van der Waals surface area contributed by atoms with Crippen molar-refractivity contribution in [2.24, 2.45) is 0 Å². The van der Waals surface area contributed by atoms with Gasteiger partial charge in [-0.15, -0.1) is 0 Å². The molecule has 1 aromatic carbocycles. The number of nitrogens with one attached hydrogen (secondary N) is 1. The van der Waals surface area contributed by atoms with Gasteiger partial charge in [-0.25, -0.2) is 0 Å². The predicted molar refractivity (Wildman–Crippen MR) is 105 cm³/mol. The first kappa shape index (κ1) is 18.0. The van der Waals surface area contributed by atoms with Crippen LogP contribution in [0.4, 0.5) is 0 Å². The van der Waals surface area contributed by atoms with Crippen molar-refractivity contribution in [1.29, 1.82) is 0 Å². The molecule has 6 nitrogen and oxygen atoms in total. The Morgan fingerprint density at radius 1 is 1.19 bits per heavy atom. The first-order chi connectivity index (χ1) is 13.2. The van der Waals surface area contributed by atoms with E-state index in [-0.39, 0.29) is 17.9 Å². The Kier molecular flexibility index (Phi) is 5.16. The molecule has 2 aliphatic heterocycles. The number of para-hydroxylation sites is 1. The Bertz CT molecular complexity index is 822. The quantitative estimate of drug-likeness (QED) is 0.880. The summed E-state index contributed by atoms with van der Waals surface area (Å²) in [5.74, 6) is 0.208. The molecule has 6 heteroatoms. The van der Waals surface area contributed by atoms with Crippen LogP contribution in [0.15, 0.2) is 30.5 Å². The van der Waals surface area contributed by atoms with Crippen LogP contribution in [0.1, 0.15) is 31.7 Å². The largest absolute Gasteiger partial charge is 0.361 e. The number of nitrogens with zero attached hydrogens (tertiary/aromatic N) is 3. The maximum atomic E-state index is 13.1. The van der Waals surface area contributed by atoms with Gasteiger partial charge >= 0.3 is 0 Å². The Hall–Kier alpha value is -2.34. The highest BCUT2D eigenvalue weighted by Crippen LogP contribution is 2.26. The van der Waals surface area contributed by atoms with Gasteiger partial charge in [-0.1, -0.05) is 25.1 Å². The van der Waals surface area contributed by atoms with Crippen molar-refractivity contribution in [3.8, 4) is 0 Å². The lowest BCUT2D eigenvalue weighted by atomic mass is 10.1. The van der Waals surface area contributed by atoms with Crippen LogP contribution in [0.5, 0.6) is 0 Å². The first-order valence-corrected chi connectivity index (χ1v) is 10.0. The highest BCUT2D eigenvalue weighted by molar-refractivity contribution is 5.91. The molecule has 2 amide bonds. The number of piperazine rings is 1. The summed E-state index contributed by atoms with van der Waals surface area (Å²) in [6.45, 7) is 7.18. The second-order valence-corrected chi connectivity index (χ2v) is 7.60. The van der Waals surface area contributed by atoms with Crippen LogP contribution in [0.3, 0.4) is 0 Å². The van der Waals surface area contributed by atoms with Crippen molar-refractivity contribution < 1.29 is 9.59 Å². The summed E-state index contributed by atoms with van der Waals surface area (Å²) in [5, 5.41) is 1.12. The van der Waals surface area contributed by atoms with Crippen molar-refractivity contribution in [3.63, 3.8) is 0 Å². The van der Waals surface area contributed by atoms with Crippen LogP contribution in [0.25, 0.3) is 10.9 Å². The predicted octanol–water partition coefficient (Wildman–Crippen LogP) is 2.21. The van der Waals surface area contributed by atoms with Crippen LogP contribution in [0.2, 0.25) is 0 Å². The van der Waals surface area contributed by atoms with E-state index in [0.717, 1.165) is 55.6 Å². The van der Waals surface area contributed by atoms with Gasteiger partial charge in [0, 0.05) is 56.2 Å². The molecule has 0 spiro atoms. The Labute approximate surface area is 160 Å². The molecule has 1 N–H and O–H groups in total. The monoisotopic (exact) mass is 368 g/mol. The zero-order valence-electron chi connectivity index (χ0n) is 16.0. The number of hydrogen-bond donors (Lipinski definition) is 1. The number of likely N-dealkylation sites (tertiary alicyclic amines) is 1. The van der Waals surface area contributed by atoms with Gasteiger partial charge in [0.05, 0.1) is 0 Å². The molecule has 1 unspecified atom stereocenters. The molecule has 0 radical (unpaired) electrons. The van der Waals surface area contributed by atoms with E-state index in [4.69, 9.17) is 0 Å². The van der Waals surface area contributed by atoms with E-state index in [1.54, 1.807) is 4.90 Å². The van der Waals surface area contributed by atoms with Gasteiger partial charge in [0.15, 0.2) is 0 Å². The van der Waals surface area contributed by atoms with Crippen molar-refractivity contribution in [1.82, 2.24) is 19.7 Å². The minimum Gasteiger partial charge on any atom is -0.361 e. The Morgan fingerprint density at radius 3 is 2.74 bits per heavy atom. The fourth-order valence-electron chi connectivity index (χ4n) is 4.35. The average molecular weight is 368 g/mol. The number of amides is 2. The van der Waals surface area contributed by atoms with Crippen molar-refractivity contribution >= 4 is 22.7 Å². The van der Waals surface area contributed by atoms with E-state index in [2.05, 4.69) is 22.9 Å². The minimum absolute atomic E-state index is 0.0863. The number of carbonyl (C=O) groups excluding carboxylic acids is 2. The first-order valence-electron chi connectivity index (χ1n) is 10.0. The number of hydrogen-bond acceptors (Lipinski definition) is 3. The summed E-state index contributed by atoms with van der Waals surface area (Å²) < 4.78 is 0. The van der Waals surface area contributed by atoms with E-state index in [1.165, 1.54) is 0 Å². The molecular formula is C21H28N4O2. The van der Waals surface area contributed by atoms with Gasteiger partial charge in [0.2, 0.25) is 11.8 Å². The minimum atomic E-state index is -0.316. The number of aromatic nitrogens is 1. The number of benzene rings is 1. The third-order valence-electron chi connectivity index (χ3n) is 5.85. The topological polar surface area (TPSA) is 59.7 Å². The molecule has 2 aliphatic rings. The average Bonchev–Trinajstić information content (AvgIpc) is 3.27. The van der Waals surface area contributed by atoms with Crippen LogP contribution in [0, 0.1) is 0 Å². The Morgan fingerprint density at radius 2 is 1.96 bits per heavy atom. The molecule has 1 atom stereocenters. The third-order valence-corrected chi connectivity index (χ3v) is 5.85. The van der Waals surface area contributed by atoms with Gasteiger partial charge in [-0.2, -0.15) is 0 Å². The maximum absolute atomic E-state index is 13.1. The standard InChI is InChI=1S/C21H28N4O2/c1-2-9-23-10-12-24(13-11-23)21(27)19-7-8-20(26)25(19)15-16-14-22-18-6-4-3-5-17(16)18/h3-6,14,19,22H,2,7-13,15H2,1H3. The highest BCUT2D eigenvalue weighted by atomic mass is 16.2. The molecule has 1 aromatic heterocycles. The lowest BCUT2D eigenvalue weighted by Crippen LogP contribution is -2.53. The third kappa shape index (κ3) is 3.58. The highest BCUT2D eigenvalue weighted by Gasteiger charge is 2.39. The van der Waals surface area contributed by atoms with E-state index in [9.17, 15) is 9.59 Å². The lowest BCUT2D eigenvalue weighted by Gasteiger charge is -2.37. The lowest BCUT2D eigenvalue weighted by molar-refractivity contribution is -0.143. The summed E-state index contributed by atoms with van der Waals surface area (Å²) in [6, 6.07) is 7.77. The van der Waals surface area contributed by atoms with Crippen LogP contribution >= 0.6 is 0 Å². The van der Waals surface area contributed by atoms with E-state index in [1.807, 2.05) is 29.3 Å². The van der Waals surface area contributed by atoms with Gasteiger partial charge in [-0.3, -0.25) is 14.5 Å². The molecule has 0 aliphatic carbocycles. The summed E-state index contributed by atoms with van der Waals surface area (Å²) in [6.07, 6.45) is 4.20. The zero-order chi connectivity index (χ0) is 18.8. The second-order valence-electron chi connectivity index (χ2n) is 7.60. The molecule has 2 aromatic rings. The Balaban J connectivity index is 1.46. The van der Waals surface area contributed by atoms with Gasteiger partial charge < -0.3 is 14.8 Å². The van der Waals surface area contributed by atoms with Gasteiger partial charge in [0.25, 0.3) is 0 Å².